The molecule has 0 aliphatic carbocycles. The van der Waals surface area contributed by atoms with Crippen LogP contribution in [0.25, 0.3) is 0 Å². The van der Waals surface area contributed by atoms with Crippen molar-refractivity contribution < 1.29 is 14.3 Å². The molecule has 0 aromatic rings. The fourth-order valence-corrected chi connectivity index (χ4v) is 3.00. The number of morpholine rings is 1. The van der Waals surface area contributed by atoms with Crippen molar-refractivity contribution in [2.45, 2.75) is 51.4 Å². The minimum absolute atomic E-state index is 0.0447. The highest BCUT2D eigenvalue weighted by molar-refractivity contribution is 5.88. The molecule has 4 heteroatoms. The van der Waals surface area contributed by atoms with Crippen LogP contribution in [0.4, 0.5) is 0 Å². The Labute approximate surface area is 103 Å². The molecule has 2 atom stereocenters. The van der Waals surface area contributed by atoms with E-state index in [0.717, 1.165) is 13.0 Å². The SMILES string of the molecule is CC1(C)CC(C(=O)C2COCCN2)C(C)(C)O1. The number of nitrogens with one attached hydrogen (secondary N) is 1. The van der Waals surface area contributed by atoms with E-state index in [0.29, 0.717) is 13.2 Å². The summed E-state index contributed by atoms with van der Waals surface area (Å²) in [5.74, 6) is 0.192. The molecule has 17 heavy (non-hydrogen) atoms. The first-order chi connectivity index (χ1) is 7.82. The highest BCUT2D eigenvalue weighted by atomic mass is 16.5. The van der Waals surface area contributed by atoms with Gasteiger partial charge in [-0.1, -0.05) is 0 Å². The molecule has 0 spiro atoms. The van der Waals surface area contributed by atoms with Gasteiger partial charge in [-0.2, -0.15) is 0 Å². The number of rotatable bonds is 2. The van der Waals surface area contributed by atoms with E-state index in [9.17, 15) is 4.79 Å². The molecule has 2 fully saturated rings. The van der Waals surface area contributed by atoms with Crippen LogP contribution in [-0.2, 0) is 14.3 Å². The van der Waals surface area contributed by atoms with Crippen molar-refractivity contribution in [3.8, 4) is 0 Å². The number of Topliss-reactive ketones (excluding diaryl/α,β-unsaturated/α-hetero) is 1. The predicted molar refractivity (Wildman–Crippen MR) is 65.0 cm³/mol. The van der Waals surface area contributed by atoms with Gasteiger partial charge in [0, 0.05) is 6.54 Å². The summed E-state index contributed by atoms with van der Waals surface area (Å²) >= 11 is 0. The average molecular weight is 241 g/mol. The zero-order chi connectivity index (χ0) is 12.7. The minimum Gasteiger partial charge on any atom is -0.378 e. The van der Waals surface area contributed by atoms with Crippen molar-refractivity contribution in [2.24, 2.45) is 5.92 Å². The maximum absolute atomic E-state index is 12.5. The number of ketones is 1. The van der Waals surface area contributed by atoms with Crippen LogP contribution in [0.15, 0.2) is 0 Å². The molecule has 98 valence electrons. The lowest BCUT2D eigenvalue weighted by Gasteiger charge is -2.30. The second-order valence-electron chi connectivity index (χ2n) is 6.21. The van der Waals surface area contributed by atoms with Gasteiger partial charge in [0.25, 0.3) is 0 Å². The van der Waals surface area contributed by atoms with Crippen LogP contribution in [0.1, 0.15) is 34.1 Å². The van der Waals surface area contributed by atoms with Gasteiger partial charge in [-0.3, -0.25) is 4.79 Å². The normalized spacial score (nSPS) is 35.8. The quantitative estimate of drug-likeness (QED) is 0.787. The summed E-state index contributed by atoms with van der Waals surface area (Å²) in [4.78, 5) is 12.5. The number of carbonyl (C=O) groups is 1. The van der Waals surface area contributed by atoms with Crippen molar-refractivity contribution >= 4 is 5.78 Å². The van der Waals surface area contributed by atoms with E-state index in [-0.39, 0.29) is 28.9 Å². The van der Waals surface area contributed by atoms with E-state index in [1.165, 1.54) is 0 Å². The van der Waals surface area contributed by atoms with Crippen LogP contribution in [0.2, 0.25) is 0 Å². The molecular weight excluding hydrogens is 218 g/mol. The van der Waals surface area contributed by atoms with Crippen LogP contribution in [0.5, 0.6) is 0 Å². The molecule has 2 rings (SSSR count). The first kappa shape index (κ1) is 13.0. The molecule has 0 saturated carbocycles. The van der Waals surface area contributed by atoms with Crippen LogP contribution in [0.3, 0.4) is 0 Å². The molecule has 2 aliphatic rings. The standard InChI is InChI=1S/C13H23NO3/c1-12(2)7-9(13(3,4)17-12)11(15)10-8-16-6-5-14-10/h9-10,14H,5-8H2,1-4H3. The van der Waals surface area contributed by atoms with E-state index in [1.807, 2.05) is 27.7 Å². The summed E-state index contributed by atoms with van der Waals surface area (Å²) in [6.45, 7) is 10.1. The van der Waals surface area contributed by atoms with Crippen LogP contribution >= 0.6 is 0 Å². The lowest BCUT2D eigenvalue weighted by atomic mass is 9.81. The highest BCUT2D eigenvalue weighted by Crippen LogP contribution is 2.42. The number of hydrogen-bond donors (Lipinski definition) is 1. The molecule has 1 N–H and O–H groups in total. The predicted octanol–water partition coefficient (Wildman–Crippen LogP) is 1.14. The van der Waals surface area contributed by atoms with Gasteiger partial charge in [0.05, 0.1) is 36.4 Å². The smallest absolute Gasteiger partial charge is 0.158 e. The van der Waals surface area contributed by atoms with Gasteiger partial charge < -0.3 is 14.8 Å². The monoisotopic (exact) mass is 241 g/mol. The third-order valence-corrected chi connectivity index (χ3v) is 3.68. The van der Waals surface area contributed by atoms with Gasteiger partial charge in [-0.05, 0) is 34.1 Å². The lowest BCUT2D eigenvalue weighted by molar-refractivity contribution is -0.134. The Balaban J connectivity index is 2.08. The Bertz CT molecular complexity index is 306. The molecular formula is C13H23NO3. The van der Waals surface area contributed by atoms with Crippen LogP contribution < -0.4 is 5.32 Å². The van der Waals surface area contributed by atoms with Crippen molar-refractivity contribution in [2.75, 3.05) is 19.8 Å². The molecule has 0 aromatic heterocycles. The molecule has 0 bridgehead atoms. The number of ether oxygens (including phenoxy) is 2. The van der Waals surface area contributed by atoms with Gasteiger partial charge in [-0.25, -0.2) is 0 Å². The van der Waals surface area contributed by atoms with Gasteiger partial charge in [0.1, 0.15) is 0 Å². The van der Waals surface area contributed by atoms with Crippen molar-refractivity contribution in [1.29, 1.82) is 0 Å². The van der Waals surface area contributed by atoms with E-state index in [4.69, 9.17) is 9.47 Å². The number of hydrogen-bond acceptors (Lipinski definition) is 4. The van der Waals surface area contributed by atoms with Gasteiger partial charge in [0.15, 0.2) is 5.78 Å². The van der Waals surface area contributed by atoms with E-state index in [2.05, 4.69) is 5.32 Å². The molecule has 2 unspecified atom stereocenters. The average Bonchev–Trinajstić information content (AvgIpc) is 2.47. The molecule has 2 aliphatic heterocycles. The third kappa shape index (κ3) is 2.69. The van der Waals surface area contributed by atoms with Crippen molar-refractivity contribution in [3.05, 3.63) is 0 Å². The summed E-state index contributed by atoms with van der Waals surface area (Å²) < 4.78 is 11.3. The molecule has 2 heterocycles. The second kappa shape index (κ2) is 4.34. The summed E-state index contributed by atoms with van der Waals surface area (Å²) in [6, 6.07) is -0.162. The first-order valence-electron chi connectivity index (χ1n) is 6.37. The van der Waals surface area contributed by atoms with E-state index in [1.54, 1.807) is 0 Å². The summed E-state index contributed by atoms with van der Waals surface area (Å²) in [5.41, 5.74) is -0.584. The van der Waals surface area contributed by atoms with Gasteiger partial charge in [0.2, 0.25) is 0 Å². The van der Waals surface area contributed by atoms with E-state index >= 15 is 0 Å². The topological polar surface area (TPSA) is 47.6 Å². The summed E-state index contributed by atoms with van der Waals surface area (Å²) in [5, 5.41) is 3.23. The van der Waals surface area contributed by atoms with Gasteiger partial charge >= 0.3 is 0 Å². The third-order valence-electron chi connectivity index (χ3n) is 3.68. The Morgan fingerprint density at radius 1 is 1.29 bits per heavy atom. The number of carbonyl (C=O) groups excluding carboxylic acids is 1. The summed E-state index contributed by atoms with van der Waals surface area (Å²) in [7, 11) is 0. The second-order valence-corrected chi connectivity index (χ2v) is 6.21. The highest BCUT2D eigenvalue weighted by Gasteiger charge is 2.50. The maximum atomic E-state index is 12.5. The summed E-state index contributed by atoms with van der Waals surface area (Å²) in [6.07, 6.45) is 0.789. The maximum Gasteiger partial charge on any atom is 0.158 e. The van der Waals surface area contributed by atoms with E-state index < -0.39 is 0 Å². The Morgan fingerprint density at radius 3 is 2.47 bits per heavy atom. The van der Waals surface area contributed by atoms with Crippen molar-refractivity contribution in [3.63, 3.8) is 0 Å². The molecule has 0 amide bonds. The Morgan fingerprint density at radius 2 is 2.00 bits per heavy atom. The zero-order valence-electron chi connectivity index (χ0n) is 11.2. The zero-order valence-corrected chi connectivity index (χ0v) is 11.2. The van der Waals surface area contributed by atoms with Crippen LogP contribution in [-0.4, -0.2) is 42.8 Å². The lowest BCUT2D eigenvalue weighted by Crippen LogP contribution is -2.51. The Hall–Kier alpha value is -0.450. The molecule has 0 radical (unpaired) electrons. The Kier molecular flexibility index (Phi) is 3.31. The fraction of sp³-hybridized carbons (Fsp3) is 0.923. The fourth-order valence-electron chi connectivity index (χ4n) is 3.00. The molecule has 2 saturated heterocycles. The molecule has 0 aromatic carbocycles. The largest absolute Gasteiger partial charge is 0.378 e. The minimum atomic E-state index is -0.375. The van der Waals surface area contributed by atoms with Crippen LogP contribution in [0, 0.1) is 5.92 Å². The van der Waals surface area contributed by atoms with Crippen molar-refractivity contribution in [1.82, 2.24) is 5.32 Å². The van der Waals surface area contributed by atoms with Gasteiger partial charge in [-0.15, -0.1) is 0 Å². The first-order valence-corrected chi connectivity index (χ1v) is 6.37. The molecule has 4 nitrogen and oxygen atoms in total.